The number of benzene rings is 1. The highest BCUT2D eigenvalue weighted by atomic mass is 16.3. The first kappa shape index (κ1) is 10.2. The largest absolute Gasteiger partial charge is 0.494 e. The highest BCUT2D eigenvalue weighted by molar-refractivity contribution is 5.48. The molecule has 0 saturated carbocycles. The molecule has 0 amide bonds. The Balaban J connectivity index is 2.00. The molecule has 2 aromatic rings. The molecule has 2 heterocycles. The van der Waals surface area contributed by atoms with Gasteiger partial charge in [0.15, 0.2) is 11.8 Å². The second-order valence-corrected chi connectivity index (χ2v) is 4.28. The van der Waals surface area contributed by atoms with Crippen molar-refractivity contribution in [3.63, 3.8) is 0 Å². The van der Waals surface area contributed by atoms with Crippen LogP contribution in [0.15, 0.2) is 30.3 Å². The molecule has 0 saturated heterocycles. The van der Waals surface area contributed by atoms with E-state index in [9.17, 15) is 10.2 Å². The molecule has 88 valence electrons. The third-order valence-electron chi connectivity index (χ3n) is 3.20. The maximum atomic E-state index is 10.1. The first-order valence-electron chi connectivity index (χ1n) is 5.64. The Morgan fingerprint density at radius 1 is 1.00 bits per heavy atom. The summed E-state index contributed by atoms with van der Waals surface area (Å²) in [6.45, 7) is 1.73. The number of fused-ring (bicyclic) bond motifs is 1. The van der Waals surface area contributed by atoms with Crippen molar-refractivity contribution in [1.29, 1.82) is 0 Å². The molecular weight excluding hydrogens is 216 g/mol. The zero-order valence-electron chi connectivity index (χ0n) is 9.35. The molecule has 0 spiro atoms. The average molecular weight is 230 g/mol. The molecule has 4 nitrogen and oxygen atoms in total. The van der Waals surface area contributed by atoms with E-state index in [0.29, 0.717) is 19.6 Å². The van der Waals surface area contributed by atoms with Crippen LogP contribution in [0.25, 0.3) is 0 Å². The van der Waals surface area contributed by atoms with Gasteiger partial charge in [0.25, 0.3) is 0 Å². The third-order valence-corrected chi connectivity index (χ3v) is 3.20. The van der Waals surface area contributed by atoms with Crippen LogP contribution in [0.4, 0.5) is 0 Å². The topological polar surface area (TPSA) is 57.4 Å². The Bertz CT molecular complexity index is 519. The first-order chi connectivity index (χ1) is 8.27. The number of hydrogen-bond donors (Lipinski definition) is 3. The van der Waals surface area contributed by atoms with Gasteiger partial charge in [-0.3, -0.25) is 4.57 Å². The predicted octanol–water partition coefficient (Wildman–Crippen LogP) is 1.55. The van der Waals surface area contributed by atoms with Crippen molar-refractivity contribution in [3.05, 3.63) is 47.0 Å². The summed E-state index contributed by atoms with van der Waals surface area (Å²) in [4.78, 5) is 0. The van der Waals surface area contributed by atoms with Gasteiger partial charge in [0, 0.05) is 24.2 Å². The van der Waals surface area contributed by atoms with E-state index in [2.05, 4.69) is 5.32 Å². The van der Waals surface area contributed by atoms with Crippen molar-refractivity contribution in [2.75, 3.05) is 0 Å². The van der Waals surface area contributed by atoms with Gasteiger partial charge in [0.1, 0.15) is 0 Å². The Hall–Kier alpha value is -1.94. The summed E-state index contributed by atoms with van der Waals surface area (Å²) in [6.07, 6.45) is 0. The molecular formula is C13H14N2O2. The standard InChI is InChI=1S/C13H14N2O2/c16-12-10-6-14-7-11(10)13(17)15(12)8-9-4-2-1-3-5-9/h1-5,14,16-17H,6-8H2. The highest BCUT2D eigenvalue weighted by Gasteiger charge is 2.25. The average Bonchev–Trinajstić information content (AvgIpc) is 2.91. The summed E-state index contributed by atoms with van der Waals surface area (Å²) in [5.74, 6) is 0.345. The number of nitrogens with one attached hydrogen (secondary N) is 1. The summed E-state index contributed by atoms with van der Waals surface area (Å²) in [7, 11) is 0. The summed E-state index contributed by atoms with van der Waals surface area (Å²) < 4.78 is 1.56. The fourth-order valence-corrected chi connectivity index (χ4v) is 2.30. The van der Waals surface area contributed by atoms with Crippen LogP contribution in [0.5, 0.6) is 11.8 Å². The van der Waals surface area contributed by atoms with E-state index in [4.69, 9.17) is 0 Å². The Morgan fingerprint density at radius 3 is 2.18 bits per heavy atom. The first-order valence-corrected chi connectivity index (χ1v) is 5.64. The lowest BCUT2D eigenvalue weighted by Gasteiger charge is -2.08. The van der Waals surface area contributed by atoms with Crippen LogP contribution >= 0.6 is 0 Å². The van der Waals surface area contributed by atoms with Crippen LogP contribution in [-0.2, 0) is 19.6 Å². The SMILES string of the molecule is Oc1c2c(c(O)n1Cc1ccccc1)CNC2. The fraction of sp³-hybridized carbons (Fsp3) is 0.231. The molecule has 0 bridgehead atoms. The Kier molecular flexibility index (Phi) is 2.30. The minimum absolute atomic E-state index is 0.173. The van der Waals surface area contributed by atoms with Crippen molar-refractivity contribution < 1.29 is 10.2 Å². The second-order valence-electron chi connectivity index (χ2n) is 4.28. The quantitative estimate of drug-likeness (QED) is 0.733. The predicted molar refractivity (Wildman–Crippen MR) is 63.8 cm³/mol. The number of aromatic hydroxyl groups is 2. The molecule has 3 rings (SSSR count). The molecule has 1 aromatic heterocycles. The van der Waals surface area contributed by atoms with Gasteiger partial charge in [-0.05, 0) is 5.56 Å². The number of hydrogen-bond acceptors (Lipinski definition) is 3. The molecule has 0 aliphatic carbocycles. The smallest absolute Gasteiger partial charge is 0.199 e. The number of nitrogens with zero attached hydrogens (tertiary/aromatic N) is 1. The van der Waals surface area contributed by atoms with E-state index < -0.39 is 0 Å². The molecule has 17 heavy (non-hydrogen) atoms. The van der Waals surface area contributed by atoms with Crippen LogP contribution in [0.2, 0.25) is 0 Å². The van der Waals surface area contributed by atoms with Crippen LogP contribution in [0, 0.1) is 0 Å². The zero-order valence-corrected chi connectivity index (χ0v) is 9.35. The van der Waals surface area contributed by atoms with Gasteiger partial charge in [0.05, 0.1) is 6.54 Å². The van der Waals surface area contributed by atoms with E-state index in [-0.39, 0.29) is 11.8 Å². The molecule has 0 unspecified atom stereocenters. The number of aromatic nitrogens is 1. The van der Waals surface area contributed by atoms with Crippen molar-refractivity contribution in [3.8, 4) is 11.8 Å². The van der Waals surface area contributed by atoms with Crippen LogP contribution in [0.1, 0.15) is 16.7 Å². The Labute approximate surface area is 99.1 Å². The van der Waals surface area contributed by atoms with Gasteiger partial charge in [-0.25, -0.2) is 0 Å². The van der Waals surface area contributed by atoms with Crippen molar-refractivity contribution >= 4 is 0 Å². The third kappa shape index (κ3) is 1.57. The maximum Gasteiger partial charge on any atom is 0.199 e. The fourth-order valence-electron chi connectivity index (χ4n) is 2.30. The van der Waals surface area contributed by atoms with Gasteiger partial charge in [-0.15, -0.1) is 0 Å². The summed E-state index contributed by atoms with van der Waals surface area (Å²) >= 11 is 0. The molecule has 3 N–H and O–H groups in total. The second kappa shape index (κ2) is 3.82. The van der Waals surface area contributed by atoms with E-state index in [1.165, 1.54) is 0 Å². The summed E-state index contributed by atoms with van der Waals surface area (Å²) in [5, 5.41) is 23.2. The van der Waals surface area contributed by atoms with E-state index >= 15 is 0 Å². The summed E-state index contributed by atoms with van der Waals surface area (Å²) in [5.41, 5.74) is 2.69. The molecule has 1 aliphatic heterocycles. The van der Waals surface area contributed by atoms with Gasteiger partial charge in [-0.1, -0.05) is 30.3 Å². The van der Waals surface area contributed by atoms with E-state index in [1.54, 1.807) is 4.57 Å². The van der Waals surface area contributed by atoms with Gasteiger partial charge in [0.2, 0.25) is 0 Å². The van der Waals surface area contributed by atoms with Crippen LogP contribution in [-0.4, -0.2) is 14.8 Å². The lowest BCUT2D eigenvalue weighted by molar-refractivity contribution is 0.370. The normalized spacial score (nSPS) is 13.9. The minimum Gasteiger partial charge on any atom is -0.494 e. The Morgan fingerprint density at radius 2 is 1.59 bits per heavy atom. The van der Waals surface area contributed by atoms with E-state index in [0.717, 1.165) is 16.7 Å². The van der Waals surface area contributed by atoms with Crippen molar-refractivity contribution in [2.24, 2.45) is 0 Å². The van der Waals surface area contributed by atoms with Crippen molar-refractivity contribution in [1.82, 2.24) is 9.88 Å². The highest BCUT2D eigenvalue weighted by Crippen LogP contribution is 2.36. The van der Waals surface area contributed by atoms with Crippen molar-refractivity contribution in [2.45, 2.75) is 19.6 Å². The lowest BCUT2D eigenvalue weighted by Crippen LogP contribution is -2.05. The molecule has 1 aromatic carbocycles. The van der Waals surface area contributed by atoms with Gasteiger partial charge in [-0.2, -0.15) is 0 Å². The maximum absolute atomic E-state index is 10.1. The summed E-state index contributed by atoms with van der Waals surface area (Å²) in [6, 6.07) is 9.79. The lowest BCUT2D eigenvalue weighted by atomic mass is 10.2. The molecule has 0 atom stereocenters. The molecule has 0 fully saturated rings. The molecule has 1 aliphatic rings. The van der Waals surface area contributed by atoms with E-state index in [1.807, 2.05) is 30.3 Å². The minimum atomic E-state index is 0.173. The van der Waals surface area contributed by atoms with Gasteiger partial charge >= 0.3 is 0 Å². The molecule has 0 radical (unpaired) electrons. The zero-order chi connectivity index (χ0) is 11.8. The number of rotatable bonds is 2. The van der Waals surface area contributed by atoms with Crippen LogP contribution < -0.4 is 5.32 Å². The van der Waals surface area contributed by atoms with Gasteiger partial charge < -0.3 is 15.5 Å². The molecule has 4 heteroatoms. The van der Waals surface area contributed by atoms with Crippen LogP contribution in [0.3, 0.4) is 0 Å². The monoisotopic (exact) mass is 230 g/mol.